The third-order valence-corrected chi connectivity index (χ3v) is 3.97. The van der Waals surface area contributed by atoms with Gasteiger partial charge in [-0.1, -0.05) is 20.8 Å². The summed E-state index contributed by atoms with van der Waals surface area (Å²) in [7, 11) is 0. The van der Waals surface area contributed by atoms with E-state index in [1.807, 2.05) is 6.92 Å². The number of nitrogens with zero attached hydrogens (tertiary/aromatic N) is 1. The molecule has 96 valence electrons. The Morgan fingerprint density at radius 1 is 1.41 bits per heavy atom. The van der Waals surface area contributed by atoms with E-state index in [-0.39, 0.29) is 22.9 Å². The third-order valence-electron chi connectivity index (χ3n) is 3.97. The number of nitrogens with one attached hydrogen (secondary N) is 1. The molecule has 4 heteroatoms. The highest BCUT2D eigenvalue weighted by molar-refractivity contribution is 5.46. The fourth-order valence-electron chi connectivity index (χ4n) is 3.28. The van der Waals surface area contributed by atoms with Crippen LogP contribution in [0.4, 0.5) is 0 Å². The van der Waals surface area contributed by atoms with E-state index in [1.54, 1.807) is 6.08 Å². The Morgan fingerprint density at radius 2 is 2.06 bits per heavy atom. The Balaban J connectivity index is 2.90. The Hall–Kier alpha value is -1.15. The van der Waals surface area contributed by atoms with Gasteiger partial charge in [0.15, 0.2) is 0 Å². The normalized spacial score (nSPS) is 33.3. The van der Waals surface area contributed by atoms with Gasteiger partial charge in [0.2, 0.25) is 12.5 Å². The molecule has 0 saturated heterocycles. The van der Waals surface area contributed by atoms with Gasteiger partial charge >= 0.3 is 0 Å². The van der Waals surface area contributed by atoms with Gasteiger partial charge < -0.3 is 5.32 Å². The van der Waals surface area contributed by atoms with Crippen LogP contribution >= 0.6 is 0 Å². The number of amides is 1. The van der Waals surface area contributed by atoms with Crippen molar-refractivity contribution in [2.45, 2.75) is 59.0 Å². The van der Waals surface area contributed by atoms with Gasteiger partial charge in [0.05, 0.1) is 6.04 Å². The molecule has 0 bridgehead atoms. The van der Waals surface area contributed by atoms with Gasteiger partial charge in [0.1, 0.15) is 0 Å². The first kappa shape index (κ1) is 13.9. The Bertz CT molecular complexity index is 334. The largest absolute Gasteiger partial charge is 0.356 e. The monoisotopic (exact) mass is 238 g/mol. The van der Waals surface area contributed by atoms with Crippen LogP contribution in [-0.2, 0) is 9.59 Å². The summed E-state index contributed by atoms with van der Waals surface area (Å²) in [6, 6.07) is 0.112. The van der Waals surface area contributed by atoms with Crippen LogP contribution in [-0.4, -0.2) is 24.6 Å². The van der Waals surface area contributed by atoms with Crippen LogP contribution in [0.2, 0.25) is 0 Å². The molecule has 1 rings (SSSR count). The topological polar surface area (TPSA) is 58.5 Å². The summed E-state index contributed by atoms with van der Waals surface area (Å²) < 4.78 is 0. The summed E-state index contributed by atoms with van der Waals surface area (Å²) in [5.41, 5.74) is 0.116. The Labute approximate surface area is 103 Å². The lowest BCUT2D eigenvalue weighted by Crippen LogP contribution is -2.48. The molecule has 3 unspecified atom stereocenters. The molecule has 0 heterocycles. The molecule has 0 radical (unpaired) electrons. The molecule has 1 aliphatic carbocycles. The maximum absolute atomic E-state index is 10.6. The summed E-state index contributed by atoms with van der Waals surface area (Å²) in [5, 5.41) is 2.84. The quantitative estimate of drug-likeness (QED) is 0.463. The van der Waals surface area contributed by atoms with E-state index in [4.69, 9.17) is 0 Å². The lowest BCUT2D eigenvalue weighted by atomic mass is 9.60. The lowest BCUT2D eigenvalue weighted by molar-refractivity contribution is -0.111. The van der Waals surface area contributed by atoms with Gasteiger partial charge in [-0.05, 0) is 37.0 Å². The van der Waals surface area contributed by atoms with Crippen molar-refractivity contribution in [3.05, 3.63) is 0 Å². The molecule has 4 nitrogen and oxygen atoms in total. The molecule has 1 saturated carbocycles. The minimum absolute atomic E-state index is 0.0202. The molecule has 0 aromatic heterocycles. The van der Waals surface area contributed by atoms with E-state index in [1.165, 1.54) is 0 Å². The molecule has 1 fully saturated rings. The minimum Gasteiger partial charge on any atom is -0.356 e. The summed E-state index contributed by atoms with van der Waals surface area (Å²) in [4.78, 5) is 24.9. The predicted molar refractivity (Wildman–Crippen MR) is 66.3 cm³/mol. The van der Waals surface area contributed by atoms with Crippen LogP contribution in [0.5, 0.6) is 0 Å². The Kier molecular flexibility index (Phi) is 4.10. The summed E-state index contributed by atoms with van der Waals surface area (Å²) in [6.45, 7) is 8.54. The highest BCUT2D eigenvalue weighted by Gasteiger charge is 2.44. The lowest BCUT2D eigenvalue weighted by Gasteiger charge is -2.48. The predicted octanol–water partition coefficient (Wildman–Crippen LogP) is 2.04. The summed E-state index contributed by atoms with van der Waals surface area (Å²) in [5.74, 6) is 0. The van der Waals surface area contributed by atoms with E-state index in [0.717, 1.165) is 25.7 Å². The van der Waals surface area contributed by atoms with E-state index in [0.29, 0.717) is 0 Å². The van der Waals surface area contributed by atoms with Gasteiger partial charge in [0.25, 0.3) is 0 Å². The van der Waals surface area contributed by atoms with Gasteiger partial charge in [0, 0.05) is 6.04 Å². The van der Waals surface area contributed by atoms with Crippen LogP contribution in [0.3, 0.4) is 0 Å². The van der Waals surface area contributed by atoms with Crippen molar-refractivity contribution >= 4 is 12.5 Å². The molecule has 17 heavy (non-hydrogen) atoms. The minimum atomic E-state index is -0.0202. The number of rotatable bonds is 4. The highest BCUT2D eigenvalue weighted by Crippen LogP contribution is 2.48. The number of hydrogen-bond donors (Lipinski definition) is 1. The first-order valence-electron chi connectivity index (χ1n) is 6.10. The molecular weight excluding hydrogens is 216 g/mol. The number of carbonyl (C=O) groups excluding carboxylic acids is 2. The second-order valence-electron chi connectivity index (χ2n) is 6.28. The van der Waals surface area contributed by atoms with Gasteiger partial charge in [-0.25, -0.2) is 9.79 Å². The van der Waals surface area contributed by atoms with Crippen LogP contribution in [0.15, 0.2) is 4.99 Å². The van der Waals surface area contributed by atoms with E-state index in [2.05, 4.69) is 31.1 Å². The zero-order chi connectivity index (χ0) is 13.1. The SMILES string of the molecule is CC(NC=O)C1(C)CC(N=C=O)CC(C)(C)C1. The second-order valence-corrected chi connectivity index (χ2v) is 6.28. The van der Waals surface area contributed by atoms with Crippen molar-refractivity contribution in [3.63, 3.8) is 0 Å². The maximum atomic E-state index is 10.6. The second kappa shape index (κ2) is 5.01. The van der Waals surface area contributed by atoms with Crippen molar-refractivity contribution in [2.24, 2.45) is 15.8 Å². The molecule has 0 aromatic rings. The number of carbonyl (C=O) groups is 1. The molecule has 1 amide bonds. The molecule has 3 atom stereocenters. The van der Waals surface area contributed by atoms with E-state index < -0.39 is 0 Å². The average molecular weight is 238 g/mol. The fourth-order valence-corrected chi connectivity index (χ4v) is 3.28. The number of aliphatic imine (C=N–C) groups is 1. The van der Waals surface area contributed by atoms with Crippen LogP contribution in [0.25, 0.3) is 0 Å². The van der Waals surface area contributed by atoms with Crippen molar-refractivity contribution in [2.75, 3.05) is 0 Å². The van der Waals surface area contributed by atoms with Gasteiger partial charge in [-0.15, -0.1) is 0 Å². The van der Waals surface area contributed by atoms with Crippen molar-refractivity contribution in [1.82, 2.24) is 5.32 Å². The molecule has 1 aliphatic rings. The van der Waals surface area contributed by atoms with Crippen molar-refractivity contribution in [3.8, 4) is 0 Å². The highest BCUT2D eigenvalue weighted by atomic mass is 16.1. The molecule has 0 spiro atoms. The maximum Gasteiger partial charge on any atom is 0.235 e. The standard InChI is InChI=1S/C13H22N2O2/c1-10(14-8-16)13(4)6-11(15-9-17)5-12(2,3)7-13/h8,10-11H,5-7H2,1-4H3,(H,14,16). The zero-order valence-electron chi connectivity index (χ0n) is 11.1. The average Bonchev–Trinajstić information content (AvgIpc) is 2.15. The van der Waals surface area contributed by atoms with E-state index in [9.17, 15) is 9.59 Å². The summed E-state index contributed by atoms with van der Waals surface area (Å²) in [6.07, 6.45) is 5.17. The van der Waals surface area contributed by atoms with Crippen molar-refractivity contribution in [1.29, 1.82) is 0 Å². The van der Waals surface area contributed by atoms with Gasteiger partial charge in [-0.3, -0.25) is 4.79 Å². The van der Waals surface area contributed by atoms with E-state index >= 15 is 0 Å². The summed E-state index contributed by atoms with van der Waals surface area (Å²) >= 11 is 0. The third kappa shape index (κ3) is 3.40. The Morgan fingerprint density at radius 3 is 2.59 bits per heavy atom. The number of hydrogen-bond acceptors (Lipinski definition) is 3. The molecule has 0 aliphatic heterocycles. The first-order valence-corrected chi connectivity index (χ1v) is 6.10. The van der Waals surface area contributed by atoms with Gasteiger partial charge in [-0.2, -0.15) is 0 Å². The first-order chi connectivity index (χ1) is 7.83. The van der Waals surface area contributed by atoms with Crippen LogP contribution < -0.4 is 5.32 Å². The number of isocyanates is 1. The van der Waals surface area contributed by atoms with Crippen LogP contribution in [0.1, 0.15) is 47.0 Å². The molecule has 0 aromatic carbocycles. The molecular formula is C13H22N2O2. The zero-order valence-corrected chi connectivity index (χ0v) is 11.1. The van der Waals surface area contributed by atoms with Crippen LogP contribution in [0, 0.1) is 10.8 Å². The smallest absolute Gasteiger partial charge is 0.235 e. The fraction of sp³-hybridized carbons (Fsp3) is 0.846. The van der Waals surface area contributed by atoms with Crippen molar-refractivity contribution < 1.29 is 9.59 Å². The molecule has 1 N–H and O–H groups in total.